The van der Waals surface area contributed by atoms with Crippen LogP contribution in [-0.4, -0.2) is 50.3 Å². The van der Waals surface area contributed by atoms with Crippen molar-refractivity contribution >= 4 is 22.8 Å². The third-order valence-electron chi connectivity index (χ3n) is 5.45. The number of hydrogen-bond acceptors (Lipinski definition) is 6. The first-order valence-electron chi connectivity index (χ1n) is 10.5. The number of hydrogen-bond donors (Lipinski definition) is 1. The minimum Gasteiger partial charge on any atom is -0.480 e. The van der Waals surface area contributed by atoms with Crippen LogP contribution in [0.4, 0.5) is 19.0 Å². The molecule has 176 valence electrons. The first-order chi connectivity index (χ1) is 16.3. The summed E-state index contributed by atoms with van der Waals surface area (Å²) in [7, 11) is 0. The van der Waals surface area contributed by atoms with Gasteiger partial charge in [-0.05, 0) is 37.0 Å². The summed E-state index contributed by atoms with van der Waals surface area (Å²) in [5.41, 5.74) is 5.93. The molecule has 8 nitrogen and oxygen atoms in total. The fourth-order valence-electron chi connectivity index (χ4n) is 3.88. The van der Waals surface area contributed by atoms with Crippen LogP contribution in [0.3, 0.4) is 0 Å². The molecule has 0 aliphatic carbocycles. The van der Waals surface area contributed by atoms with E-state index >= 15 is 0 Å². The fraction of sp³-hybridized carbons (Fsp3) is 0.304. The van der Waals surface area contributed by atoms with Gasteiger partial charge in [0.2, 0.25) is 5.91 Å². The number of benzene rings is 1. The smallest absolute Gasteiger partial charge is 0.419 e. The summed E-state index contributed by atoms with van der Waals surface area (Å²) in [6, 6.07) is 4.77. The SMILES string of the molecule is C=CC(=O)N1CCC[C@@H](n2nc(C#CCOc3ccccc3C(F)(F)F)c3c(N)ncnc32)C1. The molecule has 0 radical (unpaired) electrons. The van der Waals surface area contributed by atoms with E-state index in [0.29, 0.717) is 24.1 Å². The van der Waals surface area contributed by atoms with Crippen LogP contribution in [-0.2, 0) is 11.0 Å². The Morgan fingerprint density at radius 2 is 2.12 bits per heavy atom. The van der Waals surface area contributed by atoms with Crippen molar-refractivity contribution in [1.29, 1.82) is 0 Å². The molecule has 2 aromatic heterocycles. The number of nitrogens with two attached hydrogens (primary N) is 1. The van der Waals surface area contributed by atoms with Gasteiger partial charge in [-0.25, -0.2) is 14.6 Å². The third-order valence-corrected chi connectivity index (χ3v) is 5.45. The van der Waals surface area contributed by atoms with E-state index in [-0.39, 0.29) is 35.8 Å². The molecule has 1 aliphatic heterocycles. The Labute approximate surface area is 193 Å². The molecule has 0 bridgehead atoms. The Hall–Kier alpha value is -4.07. The first-order valence-corrected chi connectivity index (χ1v) is 10.5. The van der Waals surface area contributed by atoms with Crippen molar-refractivity contribution in [3.63, 3.8) is 0 Å². The molecule has 1 amide bonds. The molecule has 1 aliphatic rings. The summed E-state index contributed by atoms with van der Waals surface area (Å²) in [4.78, 5) is 22.1. The maximum Gasteiger partial charge on any atom is 0.419 e. The number of amides is 1. The minimum absolute atomic E-state index is 0.153. The van der Waals surface area contributed by atoms with Crippen LogP contribution in [0.25, 0.3) is 11.0 Å². The third kappa shape index (κ3) is 4.66. The molecule has 1 aromatic carbocycles. The van der Waals surface area contributed by atoms with Crippen LogP contribution in [0.15, 0.2) is 43.2 Å². The lowest BCUT2D eigenvalue weighted by molar-refractivity contribution is -0.138. The Balaban J connectivity index is 1.60. The molecular formula is C23H21F3N6O2. The number of carbonyl (C=O) groups excluding carboxylic acids is 1. The van der Waals surface area contributed by atoms with Gasteiger partial charge in [-0.15, -0.1) is 0 Å². The Bertz CT molecular complexity index is 1290. The van der Waals surface area contributed by atoms with Gasteiger partial charge in [-0.1, -0.05) is 24.6 Å². The number of likely N-dealkylation sites (tertiary alicyclic amines) is 1. The molecule has 11 heteroatoms. The standard InChI is InChI=1S/C23H21F3N6O2/c1-2-19(33)31-11-5-7-15(13-31)32-22-20(21(27)28-14-29-22)17(30-32)9-6-12-34-18-10-4-3-8-16(18)23(24,25)26/h2-4,8,10,14-15H,1,5,7,11-13H2,(H2,27,28,29)/t15-/m1/s1. The van der Waals surface area contributed by atoms with Crippen molar-refractivity contribution < 1.29 is 22.7 Å². The number of nitrogen functional groups attached to an aromatic ring is 1. The van der Waals surface area contributed by atoms with E-state index in [9.17, 15) is 18.0 Å². The quantitative estimate of drug-likeness (QED) is 0.465. The van der Waals surface area contributed by atoms with Crippen LogP contribution >= 0.6 is 0 Å². The number of rotatable bonds is 4. The number of anilines is 1. The lowest BCUT2D eigenvalue weighted by Gasteiger charge is -2.32. The maximum atomic E-state index is 13.1. The molecule has 1 saturated heterocycles. The molecule has 1 atom stereocenters. The summed E-state index contributed by atoms with van der Waals surface area (Å²) >= 11 is 0. The molecule has 0 spiro atoms. The van der Waals surface area contributed by atoms with Crippen molar-refractivity contribution in [2.45, 2.75) is 25.1 Å². The zero-order chi connectivity index (χ0) is 24.3. The highest BCUT2D eigenvalue weighted by Crippen LogP contribution is 2.35. The van der Waals surface area contributed by atoms with E-state index in [0.717, 1.165) is 18.9 Å². The minimum atomic E-state index is -4.54. The van der Waals surface area contributed by atoms with E-state index in [1.807, 2.05) is 0 Å². The number of alkyl halides is 3. The summed E-state index contributed by atoms with van der Waals surface area (Å²) in [6.07, 6.45) is -0.394. The molecule has 2 N–H and O–H groups in total. The van der Waals surface area contributed by atoms with Gasteiger partial charge in [0.15, 0.2) is 5.65 Å². The monoisotopic (exact) mass is 470 g/mol. The number of piperidine rings is 1. The summed E-state index contributed by atoms with van der Waals surface area (Å²) in [6.45, 7) is 4.30. The average molecular weight is 470 g/mol. The second-order valence-corrected chi connectivity index (χ2v) is 7.62. The highest BCUT2D eigenvalue weighted by molar-refractivity contribution is 5.90. The lowest BCUT2D eigenvalue weighted by atomic mass is 10.1. The summed E-state index contributed by atoms with van der Waals surface area (Å²) in [5.74, 6) is 5.22. The Kier molecular flexibility index (Phi) is 6.40. The zero-order valence-electron chi connectivity index (χ0n) is 18.0. The molecule has 34 heavy (non-hydrogen) atoms. The number of ether oxygens (including phenoxy) is 1. The number of fused-ring (bicyclic) bond motifs is 1. The van der Waals surface area contributed by atoms with Crippen molar-refractivity contribution in [3.8, 4) is 17.6 Å². The van der Waals surface area contributed by atoms with Crippen molar-refractivity contribution in [2.75, 3.05) is 25.4 Å². The lowest BCUT2D eigenvalue weighted by Crippen LogP contribution is -2.40. The number of carbonyl (C=O) groups is 1. The van der Waals surface area contributed by atoms with Crippen LogP contribution < -0.4 is 10.5 Å². The number of nitrogens with zero attached hydrogens (tertiary/aromatic N) is 5. The highest BCUT2D eigenvalue weighted by atomic mass is 19.4. The van der Waals surface area contributed by atoms with E-state index in [1.54, 1.807) is 9.58 Å². The van der Waals surface area contributed by atoms with E-state index in [1.165, 1.54) is 30.6 Å². The molecule has 0 saturated carbocycles. The average Bonchev–Trinajstić information content (AvgIpc) is 3.21. The fourth-order valence-corrected chi connectivity index (χ4v) is 3.88. The molecule has 4 rings (SSSR count). The van der Waals surface area contributed by atoms with Crippen LogP contribution in [0.5, 0.6) is 5.75 Å². The molecule has 0 unspecified atom stereocenters. The van der Waals surface area contributed by atoms with Gasteiger partial charge in [0.1, 0.15) is 30.2 Å². The van der Waals surface area contributed by atoms with Gasteiger partial charge in [0, 0.05) is 13.1 Å². The van der Waals surface area contributed by atoms with E-state index in [4.69, 9.17) is 10.5 Å². The van der Waals surface area contributed by atoms with Crippen LogP contribution in [0, 0.1) is 11.8 Å². The van der Waals surface area contributed by atoms with Crippen molar-refractivity contribution in [2.24, 2.45) is 0 Å². The first kappa shape index (κ1) is 23.1. The topological polar surface area (TPSA) is 99.2 Å². The van der Waals surface area contributed by atoms with Gasteiger partial charge in [0.05, 0.1) is 17.0 Å². The van der Waals surface area contributed by atoms with Crippen molar-refractivity contribution in [1.82, 2.24) is 24.6 Å². The zero-order valence-corrected chi connectivity index (χ0v) is 18.0. The van der Waals surface area contributed by atoms with Crippen LogP contribution in [0.2, 0.25) is 0 Å². The predicted octanol–water partition coefficient (Wildman–Crippen LogP) is 3.21. The number of halogens is 3. The summed E-state index contributed by atoms with van der Waals surface area (Å²) < 4.78 is 46.3. The van der Waals surface area contributed by atoms with E-state index < -0.39 is 11.7 Å². The van der Waals surface area contributed by atoms with Gasteiger partial charge in [-0.2, -0.15) is 18.3 Å². The molecule has 3 aromatic rings. The van der Waals surface area contributed by atoms with E-state index in [2.05, 4.69) is 33.5 Å². The largest absolute Gasteiger partial charge is 0.480 e. The normalized spacial score (nSPS) is 16.1. The molecular weight excluding hydrogens is 449 g/mol. The maximum absolute atomic E-state index is 13.1. The number of aromatic nitrogens is 4. The predicted molar refractivity (Wildman–Crippen MR) is 119 cm³/mol. The Morgan fingerprint density at radius 1 is 1.32 bits per heavy atom. The van der Waals surface area contributed by atoms with Gasteiger partial charge < -0.3 is 15.4 Å². The van der Waals surface area contributed by atoms with Crippen LogP contribution in [0.1, 0.15) is 30.1 Å². The summed E-state index contributed by atoms with van der Waals surface area (Å²) in [5, 5.41) is 5.00. The molecule has 3 heterocycles. The van der Waals surface area contributed by atoms with Gasteiger partial charge in [-0.3, -0.25) is 4.79 Å². The number of para-hydroxylation sites is 1. The highest BCUT2D eigenvalue weighted by Gasteiger charge is 2.34. The van der Waals surface area contributed by atoms with Gasteiger partial charge >= 0.3 is 6.18 Å². The van der Waals surface area contributed by atoms with Crippen molar-refractivity contribution in [3.05, 3.63) is 54.5 Å². The second-order valence-electron chi connectivity index (χ2n) is 7.62. The second kappa shape index (κ2) is 9.43. The van der Waals surface area contributed by atoms with Gasteiger partial charge in [0.25, 0.3) is 0 Å². The Morgan fingerprint density at radius 3 is 2.88 bits per heavy atom. The molecule has 1 fully saturated rings.